The van der Waals surface area contributed by atoms with Crippen LogP contribution in [0.2, 0.25) is 0 Å². The molecule has 3 N–H and O–H groups in total. The van der Waals surface area contributed by atoms with E-state index < -0.39 is 0 Å². The van der Waals surface area contributed by atoms with Gasteiger partial charge in [0.1, 0.15) is 0 Å². The van der Waals surface area contributed by atoms with E-state index in [2.05, 4.69) is 16.7 Å². The first-order valence-corrected chi connectivity index (χ1v) is 7.42. The predicted molar refractivity (Wildman–Crippen MR) is 79.7 cm³/mol. The molecule has 1 unspecified atom stereocenters. The summed E-state index contributed by atoms with van der Waals surface area (Å²) >= 11 is 0. The summed E-state index contributed by atoms with van der Waals surface area (Å²) in [5, 5.41) is 15.2. The van der Waals surface area contributed by atoms with Gasteiger partial charge in [-0.3, -0.25) is 4.79 Å². The van der Waals surface area contributed by atoms with Crippen molar-refractivity contribution in [3.8, 4) is 0 Å². The highest BCUT2D eigenvalue weighted by Crippen LogP contribution is 2.15. The standard InChI is InChI=1S/C16H24N2O2/c1-12(11-19)3-2-7-18-16(20)14-5-4-13-6-8-17-10-15(13)9-14/h4-5,9,12,17,19H,2-3,6-8,10-11H2,1H3,(H,18,20). The van der Waals surface area contributed by atoms with Gasteiger partial charge in [0, 0.05) is 25.3 Å². The van der Waals surface area contributed by atoms with Gasteiger partial charge in [0.15, 0.2) is 0 Å². The number of hydrogen-bond donors (Lipinski definition) is 3. The summed E-state index contributed by atoms with van der Waals surface area (Å²) in [4.78, 5) is 12.1. The van der Waals surface area contributed by atoms with E-state index in [0.717, 1.165) is 37.9 Å². The van der Waals surface area contributed by atoms with Gasteiger partial charge in [0.25, 0.3) is 5.91 Å². The molecule has 1 atom stereocenters. The van der Waals surface area contributed by atoms with Gasteiger partial charge in [-0.1, -0.05) is 13.0 Å². The zero-order chi connectivity index (χ0) is 14.4. The van der Waals surface area contributed by atoms with Crippen LogP contribution < -0.4 is 10.6 Å². The van der Waals surface area contributed by atoms with Crippen LogP contribution in [0.5, 0.6) is 0 Å². The second-order valence-electron chi connectivity index (χ2n) is 5.60. The van der Waals surface area contributed by atoms with E-state index in [0.29, 0.717) is 12.5 Å². The van der Waals surface area contributed by atoms with Crippen LogP contribution in [0.25, 0.3) is 0 Å². The fraction of sp³-hybridized carbons (Fsp3) is 0.562. The summed E-state index contributed by atoms with van der Waals surface area (Å²) in [5.41, 5.74) is 3.32. The summed E-state index contributed by atoms with van der Waals surface area (Å²) in [6, 6.07) is 5.97. The van der Waals surface area contributed by atoms with Crippen molar-refractivity contribution >= 4 is 5.91 Å². The Bertz CT molecular complexity index is 460. The Kier molecular flexibility index (Phi) is 5.56. The summed E-state index contributed by atoms with van der Waals surface area (Å²) in [6.07, 6.45) is 2.88. The van der Waals surface area contributed by atoms with Crippen molar-refractivity contribution in [2.24, 2.45) is 5.92 Å². The molecule has 0 radical (unpaired) electrons. The van der Waals surface area contributed by atoms with Gasteiger partial charge in [0.2, 0.25) is 0 Å². The lowest BCUT2D eigenvalue weighted by Crippen LogP contribution is -2.27. The third-order valence-electron chi connectivity index (χ3n) is 3.83. The van der Waals surface area contributed by atoms with Gasteiger partial charge in [0.05, 0.1) is 0 Å². The van der Waals surface area contributed by atoms with E-state index in [9.17, 15) is 4.79 Å². The predicted octanol–water partition coefficient (Wildman–Crippen LogP) is 1.47. The number of rotatable bonds is 6. The average molecular weight is 276 g/mol. The van der Waals surface area contributed by atoms with Crippen LogP contribution in [0.4, 0.5) is 0 Å². The minimum absolute atomic E-state index is 0.00461. The van der Waals surface area contributed by atoms with E-state index in [1.54, 1.807) is 0 Å². The maximum absolute atomic E-state index is 12.1. The van der Waals surface area contributed by atoms with Crippen molar-refractivity contribution in [3.05, 3.63) is 34.9 Å². The summed E-state index contributed by atoms with van der Waals surface area (Å²) in [7, 11) is 0. The molecule has 20 heavy (non-hydrogen) atoms. The van der Waals surface area contributed by atoms with E-state index in [-0.39, 0.29) is 12.5 Å². The molecule has 4 heteroatoms. The van der Waals surface area contributed by atoms with Crippen molar-refractivity contribution in [2.45, 2.75) is 32.7 Å². The molecule has 0 spiro atoms. The Morgan fingerprint density at radius 3 is 3.10 bits per heavy atom. The molecular formula is C16H24N2O2. The zero-order valence-electron chi connectivity index (χ0n) is 12.1. The van der Waals surface area contributed by atoms with Gasteiger partial charge in [-0.15, -0.1) is 0 Å². The normalized spacial score (nSPS) is 15.5. The van der Waals surface area contributed by atoms with Crippen molar-refractivity contribution in [3.63, 3.8) is 0 Å². The second kappa shape index (κ2) is 7.41. The summed E-state index contributed by atoms with van der Waals surface area (Å²) in [5.74, 6) is 0.303. The number of nitrogens with one attached hydrogen (secondary N) is 2. The molecule has 110 valence electrons. The SMILES string of the molecule is CC(CO)CCCNC(=O)c1ccc2c(c1)CNCC2. The number of aliphatic hydroxyl groups excluding tert-OH is 1. The maximum atomic E-state index is 12.1. The molecule has 4 nitrogen and oxygen atoms in total. The third kappa shape index (κ3) is 4.05. The number of hydrogen-bond acceptors (Lipinski definition) is 3. The number of carbonyl (C=O) groups is 1. The van der Waals surface area contributed by atoms with Gasteiger partial charge in [-0.25, -0.2) is 0 Å². The van der Waals surface area contributed by atoms with Crippen LogP contribution in [0.3, 0.4) is 0 Å². The minimum atomic E-state index is -0.00461. The minimum Gasteiger partial charge on any atom is -0.396 e. The number of amides is 1. The molecule has 0 saturated carbocycles. The van der Waals surface area contributed by atoms with E-state index in [1.165, 1.54) is 11.1 Å². The third-order valence-corrected chi connectivity index (χ3v) is 3.83. The fourth-order valence-corrected chi connectivity index (χ4v) is 2.47. The van der Waals surface area contributed by atoms with Gasteiger partial charge in [-0.2, -0.15) is 0 Å². The van der Waals surface area contributed by atoms with E-state index >= 15 is 0 Å². The van der Waals surface area contributed by atoms with Crippen LogP contribution in [0.15, 0.2) is 18.2 Å². The number of benzene rings is 1. The molecule has 0 saturated heterocycles. The van der Waals surface area contributed by atoms with Crippen LogP contribution >= 0.6 is 0 Å². The Balaban J connectivity index is 1.83. The molecule has 0 fully saturated rings. The van der Waals surface area contributed by atoms with Crippen LogP contribution in [-0.2, 0) is 13.0 Å². The molecule has 1 aliphatic heterocycles. The van der Waals surface area contributed by atoms with Crippen molar-refractivity contribution in [1.82, 2.24) is 10.6 Å². The smallest absolute Gasteiger partial charge is 0.251 e. The highest BCUT2D eigenvalue weighted by atomic mass is 16.3. The topological polar surface area (TPSA) is 61.4 Å². The Labute approximate surface area is 120 Å². The Hall–Kier alpha value is -1.39. The summed E-state index contributed by atoms with van der Waals surface area (Å²) in [6.45, 7) is 4.76. The highest BCUT2D eigenvalue weighted by molar-refractivity contribution is 5.94. The maximum Gasteiger partial charge on any atom is 0.251 e. The fourth-order valence-electron chi connectivity index (χ4n) is 2.47. The first-order valence-electron chi connectivity index (χ1n) is 7.42. The van der Waals surface area contributed by atoms with Crippen LogP contribution in [-0.4, -0.2) is 30.7 Å². The monoisotopic (exact) mass is 276 g/mol. The van der Waals surface area contributed by atoms with Crippen LogP contribution in [0, 0.1) is 5.92 Å². The number of fused-ring (bicyclic) bond motifs is 1. The zero-order valence-corrected chi connectivity index (χ0v) is 12.1. The molecule has 1 heterocycles. The average Bonchev–Trinajstić information content (AvgIpc) is 2.50. The Morgan fingerprint density at radius 2 is 2.30 bits per heavy atom. The van der Waals surface area contributed by atoms with Gasteiger partial charge in [-0.05, 0) is 55.0 Å². The Morgan fingerprint density at radius 1 is 1.45 bits per heavy atom. The van der Waals surface area contributed by atoms with Crippen molar-refractivity contribution in [2.75, 3.05) is 19.7 Å². The number of carbonyl (C=O) groups excluding carboxylic acids is 1. The molecule has 2 rings (SSSR count). The number of aliphatic hydroxyl groups is 1. The molecule has 1 aromatic rings. The lowest BCUT2D eigenvalue weighted by Gasteiger charge is -2.17. The first kappa shape index (κ1) is 15.0. The molecule has 1 amide bonds. The van der Waals surface area contributed by atoms with Gasteiger partial charge < -0.3 is 15.7 Å². The van der Waals surface area contributed by atoms with E-state index in [1.807, 2.05) is 19.1 Å². The lowest BCUT2D eigenvalue weighted by atomic mass is 9.98. The molecule has 1 aromatic carbocycles. The molecular weight excluding hydrogens is 252 g/mol. The quantitative estimate of drug-likeness (QED) is 0.690. The van der Waals surface area contributed by atoms with E-state index in [4.69, 9.17) is 5.11 Å². The summed E-state index contributed by atoms with van der Waals surface area (Å²) < 4.78 is 0. The van der Waals surface area contributed by atoms with Crippen LogP contribution in [0.1, 0.15) is 41.3 Å². The molecule has 0 bridgehead atoms. The first-order chi connectivity index (χ1) is 9.70. The van der Waals surface area contributed by atoms with Crippen molar-refractivity contribution < 1.29 is 9.90 Å². The highest BCUT2D eigenvalue weighted by Gasteiger charge is 2.12. The second-order valence-corrected chi connectivity index (χ2v) is 5.60. The van der Waals surface area contributed by atoms with Crippen molar-refractivity contribution in [1.29, 1.82) is 0 Å². The largest absolute Gasteiger partial charge is 0.396 e. The molecule has 0 aromatic heterocycles. The van der Waals surface area contributed by atoms with Gasteiger partial charge >= 0.3 is 0 Å². The molecule has 0 aliphatic carbocycles. The lowest BCUT2D eigenvalue weighted by molar-refractivity contribution is 0.0952. The molecule has 1 aliphatic rings.